The zero-order valence-corrected chi connectivity index (χ0v) is 19.1. The topological polar surface area (TPSA) is 85.3 Å². The van der Waals surface area contributed by atoms with Crippen molar-refractivity contribution >= 4 is 11.9 Å². The lowest BCUT2D eigenvalue weighted by Crippen LogP contribution is -2.35. The number of aliphatic carboxylic acids is 1. The van der Waals surface area contributed by atoms with Gasteiger partial charge in [0.15, 0.2) is 0 Å². The smallest absolute Gasteiger partial charge is 0.306 e. The molecule has 0 aromatic heterocycles. The molecule has 32 heavy (non-hydrogen) atoms. The molecule has 2 aromatic carbocycles. The van der Waals surface area contributed by atoms with Crippen LogP contribution in [0.5, 0.6) is 11.5 Å². The molecule has 0 heterocycles. The molecule has 2 aromatic rings. The second-order valence-electron chi connectivity index (χ2n) is 7.89. The summed E-state index contributed by atoms with van der Waals surface area (Å²) < 4.78 is 16.9. The Kier molecular flexibility index (Phi) is 10.5. The average molecular weight is 444 g/mol. The lowest BCUT2D eigenvalue weighted by atomic mass is 10.0. The molecule has 7 nitrogen and oxygen atoms in total. The quantitative estimate of drug-likeness (QED) is 0.447. The van der Waals surface area contributed by atoms with E-state index in [-0.39, 0.29) is 25.9 Å². The van der Waals surface area contributed by atoms with E-state index in [0.717, 1.165) is 29.9 Å². The molecule has 0 radical (unpaired) electrons. The molecule has 0 bridgehead atoms. The van der Waals surface area contributed by atoms with Crippen LogP contribution in [0.3, 0.4) is 0 Å². The molecule has 0 aliphatic heterocycles. The predicted molar refractivity (Wildman–Crippen MR) is 122 cm³/mol. The van der Waals surface area contributed by atoms with E-state index in [1.165, 1.54) is 5.56 Å². The second-order valence-corrected chi connectivity index (χ2v) is 7.89. The van der Waals surface area contributed by atoms with Crippen LogP contribution in [0.1, 0.15) is 30.4 Å². The van der Waals surface area contributed by atoms with E-state index in [2.05, 4.69) is 6.07 Å². The predicted octanol–water partition coefficient (Wildman–Crippen LogP) is 3.59. The van der Waals surface area contributed by atoms with Crippen LogP contribution in [0.4, 0.5) is 0 Å². The van der Waals surface area contributed by atoms with Crippen molar-refractivity contribution in [1.82, 2.24) is 4.90 Å². The fourth-order valence-electron chi connectivity index (χ4n) is 3.30. The zero-order valence-electron chi connectivity index (χ0n) is 19.1. The van der Waals surface area contributed by atoms with Crippen LogP contribution in [0.15, 0.2) is 48.5 Å². The van der Waals surface area contributed by atoms with E-state index >= 15 is 0 Å². The minimum atomic E-state index is -0.920. The summed E-state index contributed by atoms with van der Waals surface area (Å²) >= 11 is 0. The average Bonchev–Trinajstić information content (AvgIpc) is 2.76. The molecule has 1 atom stereocenters. The zero-order chi connectivity index (χ0) is 23.3. The molecular weight excluding hydrogens is 410 g/mol. The van der Waals surface area contributed by atoms with Crippen molar-refractivity contribution in [3.05, 3.63) is 59.7 Å². The van der Waals surface area contributed by atoms with Gasteiger partial charge in [0.05, 0.1) is 7.11 Å². The van der Waals surface area contributed by atoms with Crippen LogP contribution in [0, 0.1) is 0 Å². The summed E-state index contributed by atoms with van der Waals surface area (Å²) in [6.07, 6.45) is 1.48. The molecule has 1 unspecified atom stereocenters. The highest BCUT2D eigenvalue weighted by Gasteiger charge is 2.17. The fraction of sp³-hybridized carbons (Fsp3) is 0.440. The highest BCUT2D eigenvalue weighted by atomic mass is 16.6. The van der Waals surface area contributed by atoms with Crippen molar-refractivity contribution in [2.75, 3.05) is 34.4 Å². The van der Waals surface area contributed by atoms with Gasteiger partial charge in [0, 0.05) is 19.4 Å². The number of esters is 1. The number of likely N-dealkylation sites (N-methyl/N-ethyl adjacent to an activating group) is 1. The van der Waals surface area contributed by atoms with Crippen LogP contribution >= 0.6 is 0 Å². The van der Waals surface area contributed by atoms with Crippen LogP contribution in [-0.2, 0) is 27.2 Å². The third-order valence-corrected chi connectivity index (χ3v) is 4.85. The molecule has 0 aliphatic carbocycles. The highest BCUT2D eigenvalue weighted by Crippen LogP contribution is 2.22. The maximum Gasteiger partial charge on any atom is 0.306 e. The SMILES string of the molecule is COc1cccc(CCc2ccccc2OCC(CN(C)C)OC(=O)CCCC(=O)O)c1. The molecule has 2 rings (SSSR count). The number of rotatable bonds is 14. The number of aryl methyl sites for hydroxylation is 2. The molecule has 1 N–H and O–H groups in total. The van der Waals surface area contributed by atoms with E-state index in [1.807, 2.05) is 61.5 Å². The lowest BCUT2D eigenvalue weighted by molar-refractivity contribution is -0.151. The van der Waals surface area contributed by atoms with Gasteiger partial charge in [-0.25, -0.2) is 0 Å². The molecular formula is C25H33NO6. The van der Waals surface area contributed by atoms with Gasteiger partial charge in [0.25, 0.3) is 0 Å². The van der Waals surface area contributed by atoms with E-state index in [4.69, 9.17) is 19.3 Å². The number of benzene rings is 2. The van der Waals surface area contributed by atoms with Gasteiger partial charge in [-0.05, 0) is 62.7 Å². The van der Waals surface area contributed by atoms with Gasteiger partial charge in [-0.3, -0.25) is 9.59 Å². The minimum absolute atomic E-state index is 0.0510. The van der Waals surface area contributed by atoms with Gasteiger partial charge in [-0.1, -0.05) is 30.3 Å². The second kappa shape index (κ2) is 13.4. The lowest BCUT2D eigenvalue weighted by Gasteiger charge is -2.22. The number of hydrogen-bond donors (Lipinski definition) is 1. The molecule has 0 fully saturated rings. The summed E-state index contributed by atoms with van der Waals surface area (Å²) in [6.45, 7) is 0.732. The van der Waals surface area contributed by atoms with Crippen LogP contribution < -0.4 is 9.47 Å². The van der Waals surface area contributed by atoms with Crippen LogP contribution in [-0.4, -0.2) is 62.4 Å². The number of carboxylic acid groups (broad SMARTS) is 1. The Morgan fingerprint density at radius 1 is 1.03 bits per heavy atom. The Morgan fingerprint density at radius 2 is 1.81 bits per heavy atom. The van der Waals surface area contributed by atoms with E-state index in [9.17, 15) is 9.59 Å². The Morgan fingerprint density at radius 3 is 2.53 bits per heavy atom. The standard InChI is InChI=1S/C25H33NO6/c1-26(2)17-22(32-25(29)13-7-12-24(27)28)18-31-23-11-5-4-9-20(23)15-14-19-8-6-10-21(16-19)30-3/h4-6,8-11,16,22H,7,12-15,17-18H2,1-3H3,(H,27,28). The molecule has 7 heteroatoms. The Balaban J connectivity index is 1.95. The summed E-state index contributed by atoms with van der Waals surface area (Å²) in [5.41, 5.74) is 2.26. The molecule has 174 valence electrons. The first-order chi connectivity index (χ1) is 15.4. The van der Waals surface area contributed by atoms with Gasteiger partial charge in [0.1, 0.15) is 24.2 Å². The van der Waals surface area contributed by atoms with Gasteiger partial charge in [-0.2, -0.15) is 0 Å². The van der Waals surface area contributed by atoms with Crippen molar-refractivity contribution in [2.24, 2.45) is 0 Å². The molecule has 0 saturated heterocycles. The first-order valence-corrected chi connectivity index (χ1v) is 10.8. The number of methoxy groups -OCH3 is 1. The van der Waals surface area contributed by atoms with Crippen molar-refractivity contribution < 1.29 is 28.9 Å². The number of nitrogens with zero attached hydrogens (tertiary/aromatic N) is 1. The Hall–Kier alpha value is -3.06. The summed E-state index contributed by atoms with van der Waals surface area (Å²) in [5, 5.41) is 8.72. The maximum atomic E-state index is 12.1. The summed E-state index contributed by atoms with van der Waals surface area (Å²) in [6, 6.07) is 15.9. The Bertz CT molecular complexity index is 867. The largest absolute Gasteiger partial charge is 0.497 e. The van der Waals surface area contributed by atoms with Crippen molar-refractivity contribution in [2.45, 2.75) is 38.2 Å². The van der Waals surface area contributed by atoms with Gasteiger partial charge in [0.2, 0.25) is 0 Å². The minimum Gasteiger partial charge on any atom is -0.497 e. The van der Waals surface area contributed by atoms with Crippen molar-refractivity contribution in [1.29, 1.82) is 0 Å². The number of carbonyl (C=O) groups excluding carboxylic acids is 1. The number of hydrogen-bond acceptors (Lipinski definition) is 6. The molecule has 0 aliphatic rings. The van der Waals surface area contributed by atoms with Crippen molar-refractivity contribution in [3.63, 3.8) is 0 Å². The first-order valence-electron chi connectivity index (χ1n) is 10.8. The van der Waals surface area contributed by atoms with Gasteiger partial charge < -0.3 is 24.2 Å². The van der Waals surface area contributed by atoms with Crippen LogP contribution in [0.2, 0.25) is 0 Å². The maximum absolute atomic E-state index is 12.1. The van der Waals surface area contributed by atoms with E-state index in [1.54, 1.807) is 7.11 Å². The van der Waals surface area contributed by atoms with Crippen LogP contribution in [0.25, 0.3) is 0 Å². The number of carbonyl (C=O) groups is 2. The third-order valence-electron chi connectivity index (χ3n) is 4.85. The highest BCUT2D eigenvalue weighted by molar-refractivity contribution is 5.71. The number of para-hydroxylation sites is 1. The fourth-order valence-corrected chi connectivity index (χ4v) is 3.30. The van der Waals surface area contributed by atoms with Gasteiger partial charge in [-0.15, -0.1) is 0 Å². The first kappa shape index (κ1) is 25.2. The number of ether oxygens (including phenoxy) is 3. The van der Waals surface area contributed by atoms with Crippen molar-refractivity contribution in [3.8, 4) is 11.5 Å². The van der Waals surface area contributed by atoms with E-state index < -0.39 is 18.0 Å². The van der Waals surface area contributed by atoms with Gasteiger partial charge >= 0.3 is 11.9 Å². The number of carboxylic acids is 1. The molecule has 0 saturated carbocycles. The summed E-state index contributed by atoms with van der Waals surface area (Å²) in [5.74, 6) is 0.273. The molecule has 0 amide bonds. The summed E-state index contributed by atoms with van der Waals surface area (Å²) in [7, 11) is 5.45. The normalized spacial score (nSPS) is 11.8. The Labute approximate surface area is 189 Å². The molecule has 0 spiro atoms. The monoisotopic (exact) mass is 443 g/mol. The third kappa shape index (κ3) is 9.39. The van der Waals surface area contributed by atoms with E-state index in [0.29, 0.717) is 6.54 Å². The summed E-state index contributed by atoms with van der Waals surface area (Å²) in [4.78, 5) is 24.7.